The van der Waals surface area contributed by atoms with Crippen molar-refractivity contribution in [1.82, 2.24) is 10.2 Å². The number of esters is 1. The summed E-state index contributed by atoms with van der Waals surface area (Å²) >= 11 is 2.98. The van der Waals surface area contributed by atoms with Gasteiger partial charge in [-0.15, -0.1) is 11.8 Å². The van der Waals surface area contributed by atoms with E-state index in [9.17, 15) is 14.4 Å². The van der Waals surface area contributed by atoms with Gasteiger partial charge in [0.2, 0.25) is 5.91 Å². The number of β-lactam (4-membered cyclic amide) rings is 1. The molecule has 6 rings (SSSR count). The van der Waals surface area contributed by atoms with Crippen molar-refractivity contribution in [2.75, 3.05) is 12.9 Å². The molecule has 0 unspecified atom stereocenters. The molecule has 1 fully saturated rings. The summed E-state index contributed by atoms with van der Waals surface area (Å²) in [6, 6.07) is 34.2. The largest absolute Gasteiger partial charge is 0.497 e. The van der Waals surface area contributed by atoms with Crippen LogP contribution in [-0.2, 0) is 32.1 Å². The van der Waals surface area contributed by atoms with Gasteiger partial charge in [-0.1, -0.05) is 96.7 Å². The molecule has 0 bridgehead atoms. The zero-order valence-electron chi connectivity index (χ0n) is 24.0. The Balaban J connectivity index is 1.21. The predicted molar refractivity (Wildman–Crippen MR) is 173 cm³/mol. The van der Waals surface area contributed by atoms with E-state index in [0.29, 0.717) is 11.5 Å². The van der Waals surface area contributed by atoms with Gasteiger partial charge in [-0.3, -0.25) is 14.5 Å². The van der Waals surface area contributed by atoms with E-state index in [4.69, 9.17) is 9.47 Å². The third kappa shape index (κ3) is 6.54. The number of thioether (sulfide) groups is 2. The summed E-state index contributed by atoms with van der Waals surface area (Å²) < 4.78 is 11.0. The van der Waals surface area contributed by atoms with Crippen LogP contribution >= 0.6 is 23.5 Å². The molecule has 2 aliphatic heterocycles. The molecule has 0 radical (unpaired) electrons. The lowest BCUT2D eigenvalue weighted by molar-refractivity contribution is -0.153. The molecule has 4 aromatic rings. The van der Waals surface area contributed by atoms with Gasteiger partial charge in [0, 0.05) is 15.6 Å². The molecule has 1 N–H and O–H groups in total. The molecule has 4 aromatic carbocycles. The molecule has 2 aliphatic rings. The maximum Gasteiger partial charge on any atom is 0.356 e. The van der Waals surface area contributed by atoms with Crippen LogP contribution in [0.5, 0.6) is 5.75 Å². The van der Waals surface area contributed by atoms with Gasteiger partial charge in [0.05, 0.1) is 13.5 Å². The van der Waals surface area contributed by atoms with Crippen LogP contribution in [0, 0.1) is 0 Å². The second kappa shape index (κ2) is 13.4. The number of carbonyl (C=O) groups excluding carboxylic acids is 3. The molecular weight excluding hydrogens is 593 g/mol. The number of methoxy groups -OCH3 is 1. The van der Waals surface area contributed by atoms with E-state index in [1.54, 1.807) is 19.2 Å². The lowest BCUT2D eigenvalue weighted by atomic mass is 10.0. The first-order chi connectivity index (χ1) is 21.5. The average molecular weight is 623 g/mol. The summed E-state index contributed by atoms with van der Waals surface area (Å²) in [5, 5.41) is 2.49. The summed E-state index contributed by atoms with van der Waals surface area (Å²) in [5.74, 6) is 0.0754. The Morgan fingerprint density at radius 3 is 2.20 bits per heavy atom. The SMILES string of the molecule is COc1ccc(COC(=O)C2=C(Sc3ccc(-c4ccccc4)cc3)CS[C@@H]3[C@H](NC(=O)Cc4ccccc4)C(=O)N23)cc1. The van der Waals surface area contributed by atoms with Gasteiger partial charge in [-0.05, 0) is 46.5 Å². The number of carbonyl (C=O) groups is 3. The number of hydrogen-bond acceptors (Lipinski definition) is 7. The highest BCUT2D eigenvalue weighted by molar-refractivity contribution is 8.06. The fourth-order valence-corrected chi connectivity index (χ4v) is 7.56. The highest BCUT2D eigenvalue weighted by Gasteiger charge is 2.54. The van der Waals surface area contributed by atoms with E-state index >= 15 is 0 Å². The van der Waals surface area contributed by atoms with Crippen LogP contribution < -0.4 is 10.1 Å². The van der Waals surface area contributed by atoms with Crippen LogP contribution in [0.25, 0.3) is 11.1 Å². The van der Waals surface area contributed by atoms with E-state index in [1.165, 1.54) is 28.4 Å². The lowest BCUT2D eigenvalue weighted by Gasteiger charge is -2.49. The van der Waals surface area contributed by atoms with Crippen LogP contribution in [-0.4, -0.2) is 47.0 Å². The van der Waals surface area contributed by atoms with Crippen LogP contribution in [0.3, 0.4) is 0 Å². The van der Waals surface area contributed by atoms with E-state index in [1.807, 2.05) is 84.9 Å². The molecule has 44 heavy (non-hydrogen) atoms. The third-order valence-electron chi connectivity index (χ3n) is 7.38. The van der Waals surface area contributed by atoms with Crippen LogP contribution in [0.4, 0.5) is 0 Å². The van der Waals surface area contributed by atoms with E-state index in [0.717, 1.165) is 32.1 Å². The minimum Gasteiger partial charge on any atom is -0.497 e. The first kappa shape index (κ1) is 29.6. The molecule has 7 nitrogen and oxygen atoms in total. The van der Waals surface area contributed by atoms with Crippen molar-refractivity contribution >= 4 is 41.3 Å². The topological polar surface area (TPSA) is 84.9 Å². The van der Waals surface area contributed by atoms with Crippen molar-refractivity contribution in [1.29, 1.82) is 0 Å². The standard InChI is InChI=1S/C35H30N2O5S2/c1-41-27-16-12-24(13-17-27)21-42-35(40)32-29(44-28-18-14-26(15-19-28)25-10-6-3-7-11-25)22-43-34-31(33(39)37(32)34)36-30(38)20-23-8-4-2-5-9-23/h2-19,31,34H,20-22H2,1H3,(H,36,38)/t31-,34-/m1/s1. The lowest BCUT2D eigenvalue weighted by Crippen LogP contribution is -2.70. The number of nitrogens with zero attached hydrogens (tertiary/aromatic N) is 1. The molecule has 2 amide bonds. The molecular formula is C35H30N2O5S2. The number of amides is 2. The Morgan fingerprint density at radius 1 is 0.864 bits per heavy atom. The minimum atomic E-state index is -0.711. The second-order valence-corrected chi connectivity index (χ2v) is 12.6. The van der Waals surface area contributed by atoms with Gasteiger partial charge in [0.15, 0.2) is 0 Å². The molecule has 9 heteroatoms. The Morgan fingerprint density at radius 2 is 1.52 bits per heavy atom. The normalized spacial score (nSPS) is 17.4. The van der Waals surface area contributed by atoms with Crippen molar-refractivity contribution in [2.24, 2.45) is 0 Å². The van der Waals surface area contributed by atoms with Crippen LogP contribution in [0.1, 0.15) is 11.1 Å². The fourth-order valence-electron chi connectivity index (χ4n) is 5.09. The highest BCUT2D eigenvalue weighted by atomic mass is 32.2. The Hall–Kier alpha value is -4.47. The Bertz CT molecular complexity index is 1680. The first-order valence-electron chi connectivity index (χ1n) is 14.1. The smallest absolute Gasteiger partial charge is 0.356 e. The zero-order valence-corrected chi connectivity index (χ0v) is 25.6. The number of ether oxygens (including phenoxy) is 2. The summed E-state index contributed by atoms with van der Waals surface area (Å²) in [6.45, 7) is 0.0487. The third-order valence-corrected chi connectivity index (χ3v) is 9.94. The molecule has 0 aliphatic carbocycles. The number of nitrogens with one attached hydrogen (secondary N) is 1. The number of benzene rings is 4. The molecule has 2 atom stereocenters. The fraction of sp³-hybridized carbons (Fsp3) is 0.171. The molecule has 0 saturated carbocycles. The minimum absolute atomic E-state index is 0.0487. The first-order valence-corrected chi connectivity index (χ1v) is 16.0. The van der Waals surface area contributed by atoms with Gasteiger partial charge >= 0.3 is 5.97 Å². The zero-order chi connectivity index (χ0) is 30.5. The van der Waals surface area contributed by atoms with E-state index in [2.05, 4.69) is 17.4 Å². The van der Waals surface area contributed by atoms with Gasteiger partial charge in [0.25, 0.3) is 5.91 Å². The summed E-state index contributed by atoms with van der Waals surface area (Å²) in [5.41, 5.74) is 4.11. The molecule has 0 aromatic heterocycles. The molecule has 1 saturated heterocycles. The number of rotatable bonds is 10. The van der Waals surface area contributed by atoms with Crippen molar-refractivity contribution in [3.8, 4) is 16.9 Å². The Kier molecular flexibility index (Phi) is 9.04. The molecule has 2 heterocycles. The van der Waals surface area contributed by atoms with Crippen molar-refractivity contribution in [3.63, 3.8) is 0 Å². The van der Waals surface area contributed by atoms with Crippen LogP contribution in [0.2, 0.25) is 0 Å². The highest BCUT2D eigenvalue weighted by Crippen LogP contribution is 2.45. The summed E-state index contributed by atoms with van der Waals surface area (Å²) in [4.78, 5) is 43.1. The molecule has 0 spiro atoms. The maximum atomic E-state index is 13.6. The summed E-state index contributed by atoms with van der Waals surface area (Å²) in [6.07, 6.45) is 0.175. The Labute approximate surface area is 264 Å². The van der Waals surface area contributed by atoms with Gasteiger partial charge in [-0.25, -0.2) is 4.79 Å². The van der Waals surface area contributed by atoms with E-state index in [-0.39, 0.29) is 30.5 Å². The average Bonchev–Trinajstić information content (AvgIpc) is 3.07. The van der Waals surface area contributed by atoms with Crippen LogP contribution in [0.15, 0.2) is 125 Å². The van der Waals surface area contributed by atoms with Crippen molar-refractivity contribution in [2.45, 2.75) is 29.3 Å². The maximum absolute atomic E-state index is 13.6. The van der Waals surface area contributed by atoms with Crippen molar-refractivity contribution < 1.29 is 23.9 Å². The van der Waals surface area contributed by atoms with Crippen molar-refractivity contribution in [3.05, 3.63) is 131 Å². The number of fused-ring (bicyclic) bond motifs is 1. The summed E-state index contributed by atoms with van der Waals surface area (Å²) in [7, 11) is 1.59. The number of hydrogen-bond donors (Lipinski definition) is 1. The predicted octanol–water partition coefficient (Wildman–Crippen LogP) is 6.05. The van der Waals surface area contributed by atoms with Gasteiger partial charge < -0.3 is 14.8 Å². The van der Waals surface area contributed by atoms with Gasteiger partial charge in [0.1, 0.15) is 29.5 Å². The second-order valence-electron chi connectivity index (χ2n) is 10.3. The van der Waals surface area contributed by atoms with E-state index < -0.39 is 17.4 Å². The quantitative estimate of drug-likeness (QED) is 0.170. The monoisotopic (exact) mass is 622 g/mol. The van der Waals surface area contributed by atoms with Gasteiger partial charge in [-0.2, -0.15) is 0 Å². The molecule has 222 valence electrons.